The minimum Gasteiger partial charge on any atom is -0.444 e. The number of nitrogens with zero attached hydrogens (tertiary/aromatic N) is 1. The van der Waals surface area contributed by atoms with E-state index in [0.29, 0.717) is 22.6 Å². The van der Waals surface area contributed by atoms with Crippen LogP contribution in [0, 0.1) is 0 Å². The molecule has 3 rings (SSSR count). The fourth-order valence-corrected chi connectivity index (χ4v) is 3.63. The summed E-state index contributed by atoms with van der Waals surface area (Å²) in [5.41, 5.74) is 1.49. The summed E-state index contributed by atoms with van der Waals surface area (Å²) in [5, 5.41) is 3.74. The second kappa shape index (κ2) is 7.20. The number of rotatable bonds is 4. The number of amides is 1. The van der Waals surface area contributed by atoms with Crippen molar-refractivity contribution < 1.29 is 9.21 Å². The van der Waals surface area contributed by atoms with E-state index in [9.17, 15) is 4.79 Å². The number of thioether (sulfide) groups is 1. The van der Waals surface area contributed by atoms with Crippen molar-refractivity contribution in [3.05, 3.63) is 41.2 Å². The SMILES string of the molecule is O=C(Cc1coc(-c2ccc(Cl)cc2)n1)NC1CCSCC1. The number of halogens is 1. The van der Waals surface area contributed by atoms with Gasteiger partial charge in [-0.15, -0.1) is 0 Å². The van der Waals surface area contributed by atoms with Crippen LogP contribution in [0.15, 0.2) is 34.9 Å². The zero-order chi connectivity index (χ0) is 15.4. The van der Waals surface area contributed by atoms with Crippen LogP contribution in [0.5, 0.6) is 0 Å². The fourth-order valence-electron chi connectivity index (χ4n) is 2.40. The van der Waals surface area contributed by atoms with Gasteiger partial charge in [-0.3, -0.25) is 4.79 Å². The molecule has 1 fully saturated rings. The lowest BCUT2D eigenvalue weighted by Crippen LogP contribution is -2.38. The van der Waals surface area contributed by atoms with E-state index in [-0.39, 0.29) is 12.3 Å². The molecule has 1 aromatic carbocycles. The third kappa shape index (κ3) is 4.05. The smallest absolute Gasteiger partial charge is 0.226 e. The molecule has 1 aliphatic heterocycles. The molecule has 1 amide bonds. The van der Waals surface area contributed by atoms with Gasteiger partial charge < -0.3 is 9.73 Å². The first-order chi connectivity index (χ1) is 10.7. The van der Waals surface area contributed by atoms with Gasteiger partial charge in [-0.1, -0.05) is 11.6 Å². The second-order valence-corrected chi connectivity index (χ2v) is 6.94. The number of oxazole rings is 1. The Kier molecular flexibility index (Phi) is 5.05. The zero-order valence-electron chi connectivity index (χ0n) is 12.0. The summed E-state index contributed by atoms with van der Waals surface area (Å²) >= 11 is 7.80. The highest BCUT2D eigenvalue weighted by atomic mass is 35.5. The number of carbonyl (C=O) groups is 1. The number of hydrogen-bond acceptors (Lipinski definition) is 4. The van der Waals surface area contributed by atoms with Crippen LogP contribution in [0.25, 0.3) is 11.5 Å². The summed E-state index contributed by atoms with van der Waals surface area (Å²) in [6, 6.07) is 7.56. The van der Waals surface area contributed by atoms with Crippen molar-refractivity contribution in [2.45, 2.75) is 25.3 Å². The normalized spacial score (nSPS) is 15.7. The highest BCUT2D eigenvalue weighted by Gasteiger charge is 2.17. The number of nitrogens with one attached hydrogen (secondary N) is 1. The van der Waals surface area contributed by atoms with E-state index in [0.717, 1.165) is 29.9 Å². The molecule has 2 heterocycles. The highest BCUT2D eigenvalue weighted by molar-refractivity contribution is 7.99. The minimum atomic E-state index is 0.00727. The van der Waals surface area contributed by atoms with Crippen molar-refractivity contribution >= 4 is 29.3 Å². The first-order valence-corrected chi connectivity index (χ1v) is 8.81. The molecule has 0 radical (unpaired) electrons. The molecule has 6 heteroatoms. The Morgan fingerprint density at radius 1 is 1.32 bits per heavy atom. The molecule has 0 saturated carbocycles. The zero-order valence-corrected chi connectivity index (χ0v) is 13.6. The summed E-state index contributed by atoms with van der Waals surface area (Å²) in [7, 11) is 0. The Hall–Kier alpha value is -1.46. The van der Waals surface area contributed by atoms with Crippen LogP contribution in [0.2, 0.25) is 5.02 Å². The summed E-state index contributed by atoms with van der Waals surface area (Å²) in [6.45, 7) is 0. The van der Waals surface area contributed by atoms with Gasteiger partial charge in [0.2, 0.25) is 11.8 Å². The molecule has 116 valence electrons. The molecule has 1 aliphatic rings. The second-order valence-electron chi connectivity index (χ2n) is 5.28. The van der Waals surface area contributed by atoms with Gasteiger partial charge in [0.1, 0.15) is 6.26 Å². The average molecular weight is 337 g/mol. The number of benzene rings is 1. The van der Waals surface area contributed by atoms with Crippen molar-refractivity contribution in [2.24, 2.45) is 0 Å². The Morgan fingerprint density at radius 3 is 2.77 bits per heavy atom. The largest absolute Gasteiger partial charge is 0.444 e. The van der Waals surface area contributed by atoms with Crippen LogP contribution in [-0.4, -0.2) is 28.4 Å². The van der Waals surface area contributed by atoms with E-state index in [1.807, 2.05) is 23.9 Å². The Balaban J connectivity index is 1.59. The lowest BCUT2D eigenvalue weighted by atomic mass is 10.1. The van der Waals surface area contributed by atoms with E-state index >= 15 is 0 Å². The van der Waals surface area contributed by atoms with Crippen molar-refractivity contribution in [3.8, 4) is 11.5 Å². The van der Waals surface area contributed by atoms with Gasteiger partial charge in [-0.05, 0) is 48.6 Å². The third-order valence-corrected chi connectivity index (χ3v) is 4.87. The molecule has 22 heavy (non-hydrogen) atoms. The van der Waals surface area contributed by atoms with Crippen LogP contribution < -0.4 is 5.32 Å². The molecule has 4 nitrogen and oxygen atoms in total. The molecular formula is C16H17ClN2O2S. The lowest BCUT2D eigenvalue weighted by molar-refractivity contribution is -0.121. The van der Waals surface area contributed by atoms with E-state index in [4.69, 9.17) is 16.0 Å². The summed E-state index contributed by atoms with van der Waals surface area (Å²) in [6.07, 6.45) is 3.89. The molecule has 0 bridgehead atoms. The van der Waals surface area contributed by atoms with Crippen molar-refractivity contribution in [2.75, 3.05) is 11.5 Å². The first kappa shape index (κ1) is 15.4. The number of hydrogen-bond donors (Lipinski definition) is 1. The van der Waals surface area contributed by atoms with Gasteiger partial charge in [0.15, 0.2) is 0 Å². The summed E-state index contributed by atoms with van der Waals surface area (Å²) in [5.74, 6) is 2.76. The molecule has 0 atom stereocenters. The van der Waals surface area contributed by atoms with Gasteiger partial charge in [0.25, 0.3) is 0 Å². The molecule has 0 unspecified atom stereocenters. The van der Waals surface area contributed by atoms with E-state index < -0.39 is 0 Å². The predicted octanol–water partition coefficient (Wildman–Crippen LogP) is 3.55. The van der Waals surface area contributed by atoms with Gasteiger partial charge >= 0.3 is 0 Å². The van der Waals surface area contributed by atoms with Gasteiger partial charge in [-0.2, -0.15) is 11.8 Å². The highest BCUT2D eigenvalue weighted by Crippen LogP contribution is 2.21. The Labute approximate surface area is 138 Å². The summed E-state index contributed by atoms with van der Waals surface area (Å²) < 4.78 is 5.44. The molecule has 2 aromatic rings. The van der Waals surface area contributed by atoms with Gasteiger partial charge in [-0.25, -0.2) is 4.98 Å². The van der Waals surface area contributed by atoms with Crippen molar-refractivity contribution in [1.29, 1.82) is 0 Å². The first-order valence-electron chi connectivity index (χ1n) is 7.28. The standard InChI is InChI=1S/C16H17ClN2O2S/c17-12-3-1-11(2-4-12)16-19-14(10-21-16)9-15(20)18-13-5-7-22-8-6-13/h1-4,10,13H,5-9H2,(H,18,20). The van der Waals surface area contributed by atoms with Crippen LogP contribution >= 0.6 is 23.4 Å². The number of carbonyl (C=O) groups excluding carboxylic acids is 1. The minimum absolute atomic E-state index is 0.00727. The summed E-state index contributed by atoms with van der Waals surface area (Å²) in [4.78, 5) is 16.4. The molecule has 1 N–H and O–H groups in total. The average Bonchev–Trinajstić information content (AvgIpc) is 2.97. The van der Waals surface area contributed by atoms with E-state index in [2.05, 4.69) is 10.3 Å². The van der Waals surface area contributed by atoms with Crippen molar-refractivity contribution in [1.82, 2.24) is 10.3 Å². The fraction of sp³-hybridized carbons (Fsp3) is 0.375. The molecule has 1 aromatic heterocycles. The lowest BCUT2D eigenvalue weighted by Gasteiger charge is -2.22. The van der Waals surface area contributed by atoms with Crippen LogP contribution in [0.3, 0.4) is 0 Å². The maximum absolute atomic E-state index is 12.1. The van der Waals surface area contributed by atoms with Crippen LogP contribution in [0.1, 0.15) is 18.5 Å². The number of aromatic nitrogens is 1. The molecule has 0 aliphatic carbocycles. The van der Waals surface area contributed by atoms with Gasteiger partial charge in [0.05, 0.1) is 12.1 Å². The van der Waals surface area contributed by atoms with Gasteiger partial charge in [0, 0.05) is 16.6 Å². The quantitative estimate of drug-likeness (QED) is 0.927. The van der Waals surface area contributed by atoms with Crippen LogP contribution in [0.4, 0.5) is 0 Å². The predicted molar refractivity (Wildman–Crippen MR) is 89.1 cm³/mol. The molecular weight excluding hydrogens is 320 g/mol. The van der Waals surface area contributed by atoms with E-state index in [1.54, 1.807) is 18.4 Å². The monoisotopic (exact) mass is 336 g/mol. The van der Waals surface area contributed by atoms with E-state index in [1.165, 1.54) is 0 Å². The Morgan fingerprint density at radius 2 is 2.05 bits per heavy atom. The maximum Gasteiger partial charge on any atom is 0.226 e. The molecule has 1 saturated heterocycles. The molecule has 0 spiro atoms. The van der Waals surface area contributed by atoms with Crippen molar-refractivity contribution in [3.63, 3.8) is 0 Å². The topological polar surface area (TPSA) is 55.1 Å². The van der Waals surface area contributed by atoms with Crippen LogP contribution in [-0.2, 0) is 11.2 Å². The third-order valence-electron chi connectivity index (χ3n) is 3.57. The maximum atomic E-state index is 12.1. The Bertz CT molecular complexity index is 636.